The summed E-state index contributed by atoms with van der Waals surface area (Å²) in [5.41, 5.74) is 5.10. The second-order valence-electron chi connectivity index (χ2n) is 10.9. The Morgan fingerprint density at radius 1 is 1.08 bits per heavy atom. The first-order chi connectivity index (χ1) is 17.7. The number of nitrogens with zero attached hydrogens (tertiary/aromatic N) is 1. The molecule has 2 heterocycles. The number of aromatic hydroxyl groups is 1. The smallest absolute Gasteiger partial charge is 0.455 e. The molecule has 0 radical (unpaired) electrons. The summed E-state index contributed by atoms with van der Waals surface area (Å²) in [4.78, 5) is 28.6. The van der Waals surface area contributed by atoms with E-state index in [1.807, 2.05) is 30.3 Å². The Balaban J connectivity index is 1.43. The fourth-order valence-electron chi connectivity index (χ4n) is 6.37. The van der Waals surface area contributed by atoms with Crippen molar-refractivity contribution in [2.75, 3.05) is 4.90 Å². The first-order valence-corrected chi connectivity index (χ1v) is 13.2. The number of carbonyl (C=O) groups excluding carboxylic acids is 2. The molecule has 0 unspecified atom stereocenters. The summed E-state index contributed by atoms with van der Waals surface area (Å²) in [7, 11) is -0.971. The summed E-state index contributed by atoms with van der Waals surface area (Å²) in [6, 6.07) is 16.2. The molecule has 2 N–H and O–H groups in total. The molecule has 0 saturated carbocycles. The van der Waals surface area contributed by atoms with Gasteiger partial charge >= 0.3 is 7.12 Å². The van der Waals surface area contributed by atoms with Gasteiger partial charge in [-0.2, -0.15) is 0 Å². The molecule has 2 fully saturated rings. The van der Waals surface area contributed by atoms with Gasteiger partial charge in [0, 0.05) is 0 Å². The second kappa shape index (κ2) is 10.3. The van der Waals surface area contributed by atoms with Crippen LogP contribution in [0.1, 0.15) is 45.6 Å². The predicted molar refractivity (Wildman–Crippen MR) is 145 cm³/mol. The van der Waals surface area contributed by atoms with Crippen molar-refractivity contribution in [2.45, 2.75) is 52.5 Å². The topological polar surface area (TPSA) is 87.1 Å². The molecule has 6 nitrogen and oxygen atoms in total. The molecule has 0 aromatic heterocycles. The third kappa shape index (κ3) is 4.90. The highest BCUT2D eigenvalue weighted by molar-refractivity contribution is 6.43. The van der Waals surface area contributed by atoms with Crippen LogP contribution >= 0.6 is 0 Å². The molecule has 1 aliphatic carbocycles. The van der Waals surface area contributed by atoms with Crippen molar-refractivity contribution in [1.82, 2.24) is 0 Å². The van der Waals surface area contributed by atoms with E-state index < -0.39 is 19.0 Å². The fourth-order valence-corrected chi connectivity index (χ4v) is 6.37. The van der Waals surface area contributed by atoms with E-state index in [4.69, 9.17) is 4.65 Å². The van der Waals surface area contributed by atoms with Crippen molar-refractivity contribution in [3.8, 4) is 5.75 Å². The van der Waals surface area contributed by atoms with E-state index >= 15 is 0 Å². The van der Waals surface area contributed by atoms with Crippen LogP contribution in [-0.4, -0.2) is 35.2 Å². The molecule has 2 saturated heterocycles. The minimum absolute atomic E-state index is 0.136. The number of carbonyl (C=O) groups is 2. The first kappa shape index (κ1) is 25.5. The highest BCUT2D eigenvalue weighted by atomic mass is 16.5. The van der Waals surface area contributed by atoms with Gasteiger partial charge in [0.1, 0.15) is 5.75 Å². The second-order valence-corrected chi connectivity index (χ2v) is 10.9. The summed E-state index contributed by atoms with van der Waals surface area (Å²) >= 11 is 0. The molecule has 37 heavy (non-hydrogen) atoms. The average Bonchev–Trinajstić information content (AvgIpc) is 3.13. The van der Waals surface area contributed by atoms with Crippen LogP contribution in [0.25, 0.3) is 6.08 Å². The number of hydrogen-bond donors (Lipinski definition) is 2. The van der Waals surface area contributed by atoms with Gasteiger partial charge in [0.25, 0.3) is 0 Å². The van der Waals surface area contributed by atoms with Crippen molar-refractivity contribution in [1.29, 1.82) is 0 Å². The Morgan fingerprint density at radius 2 is 1.78 bits per heavy atom. The lowest BCUT2D eigenvalue weighted by atomic mass is 9.57. The zero-order valence-electron chi connectivity index (χ0n) is 21.6. The zero-order chi connectivity index (χ0) is 26.3. The van der Waals surface area contributed by atoms with Crippen molar-refractivity contribution >= 4 is 30.7 Å². The Hall–Kier alpha value is -3.16. The van der Waals surface area contributed by atoms with Crippen LogP contribution < -0.4 is 4.90 Å². The summed E-state index contributed by atoms with van der Waals surface area (Å²) in [5.74, 6) is -0.939. The van der Waals surface area contributed by atoms with Crippen LogP contribution in [0.4, 0.5) is 5.69 Å². The van der Waals surface area contributed by atoms with Crippen molar-refractivity contribution in [3.05, 3.63) is 76.9 Å². The molecule has 0 bridgehead atoms. The summed E-state index contributed by atoms with van der Waals surface area (Å²) in [6.45, 7) is 6.33. The Bertz CT molecular complexity index is 1240. The highest BCUT2D eigenvalue weighted by Gasteiger charge is 2.57. The molecule has 2 aromatic rings. The maximum absolute atomic E-state index is 13.7. The first-order valence-electron chi connectivity index (χ1n) is 13.2. The molecule has 2 amide bonds. The van der Waals surface area contributed by atoms with Gasteiger partial charge in [0.2, 0.25) is 11.8 Å². The number of phenolic OH excluding ortho intramolecular Hbond substituents is 1. The number of allylic oxidation sites excluding steroid dienone is 2. The number of hydrogen-bond acceptors (Lipinski definition) is 5. The molecule has 4 atom stereocenters. The third-order valence-electron chi connectivity index (χ3n) is 8.06. The van der Waals surface area contributed by atoms with Gasteiger partial charge in [-0.15, -0.1) is 0 Å². The number of benzene rings is 2. The molecule has 2 aliphatic heterocycles. The third-order valence-corrected chi connectivity index (χ3v) is 8.06. The largest absolute Gasteiger partial charge is 0.508 e. The Kier molecular flexibility index (Phi) is 7.10. The standard InChI is InChI=1S/C30H34BNO5/c1-18(2)23-16-24-28(30(35)32(29(24)34)21-7-5-4-6-8-21)25-17-31(36)37-26(27(23)25)14-9-19(3)15-20-10-12-22(33)13-11-20/h4-8,10-13,15,18,24-26,28,33,36H,9,14,16-17H2,1-3H3/b19-15+/t24-,25+,26-,28-/m1/s1. The van der Waals surface area contributed by atoms with E-state index in [1.165, 1.54) is 10.5 Å². The molecule has 0 spiro atoms. The lowest BCUT2D eigenvalue weighted by Gasteiger charge is -2.44. The van der Waals surface area contributed by atoms with Crippen molar-refractivity contribution in [2.24, 2.45) is 23.7 Å². The van der Waals surface area contributed by atoms with Crippen LogP contribution in [0.5, 0.6) is 5.75 Å². The molecule has 192 valence electrons. The van der Waals surface area contributed by atoms with Crippen molar-refractivity contribution in [3.63, 3.8) is 0 Å². The number of amides is 2. The predicted octanol–water partition coefficient (Wildman–Crippen LogP) is 5.23. The molecular formula is C30H34BNO5. The van der Waals surface area contributed by atoms with Crippen molar-refractivity contribution < 1.29 is 24.4 Å². The van der Waals surface area contributed by atoms with E-state index in [0.29, 0.717) is 24.8 Å². The molecule has 2 aromatic carbocycles. The van der Waals surface area contributed by atoms with Gasteiger partial charge in [-0.05, 0) is 79.7 Å². The Morgan fingerprint density at radius 3 is 2.46 bits per heavy atom. The molecule has 7 heteroatoms. The highest BCUT2D eigenvalue weighted by Crippen LogP contribution is 2.52. The van der Waals surface area contributed by atoms with E-state index in [-0.39, 0.29) is 35.5 Å². The van der Waals surface area contributed by atoms with E-state index in [9.17, 15) is 19.7 Å². The number of fused-ring (bicyclic) bond motifs is 3. The molecule has 5 rings (SSSR count). The van der Waals surface area contributed by atoms with Gasteiger partial charge in [0.15, 0.2) is 0 Å². The zero-order valence-corrected chi connectivity index (χ0v) is 21.6. The fraction of sp³-hybridized carbons (Fsp3) is 0.400. The summed E-state index contributed by atoms with van der Waals surface area (Å²) in [6.07, 6.45) is 4.11. The number of phenols is 1. The normalized spacial score (nSPS) is 26.1. The van der Waals surface area contributed by atoms with Crippen LogP contribution in [0.15, 0.2) is 71.3 Å². The lowest BCUT2D eigenvalue weighted by Crippen LogP contribution is -2.46. The SMILES string of the molecule is C/C(=C\c1ccc(O)cc1)CC[C@H]1OB(O)C[C@H]2C1=C(C(C)C)C[C@H]1C(=O)N(c3ccccc3)C(=O)[C@H]12. The number of rotatable bonds is 6. The van der Waals surface area contributed by atoms with E-state index in [0.717, 1.165) is 23.1 Å². The van der Waals surface area contributed by atoms with Crippen LogP contribution in [0.2, 0.25) is 6.32 Å². The van der Waals surface area contributed by atoms with Crippen LogP contribution in [0, 0.1) is 23.7 Å². The van der Waals surface area contributed by atoms with Gasteiger partial charge in [-0.3, -0.25) is 14.5 Å². The molecular weight excluding hydrogens is 465 g/mol. The van der Waals surface area contributed by atoms with Gasteiger partial charge in [-0.1, -0.05) is 61.4 Å². The maximum Gasteiger partial charge on any atom is 0.455 e. The number of imide groups is 1. The van der Waals surface area contributed by atoms with Crippen LogP contribution in [-0.2, 0) is 14.2 Å². The quantitative estimate of drug-likeness (QED) is 0.323. The average molecular weight is 499 g/mol. The van der Waals surface area contributed by atoms with Crippen LogP contribution in [0.3, 0.4) is 0 Å². The summed E-state index contributed by atoms with van der Waals surface area (Å²) < 4.78 is 6.10. The summed E-state index contributed by atoms with van der Waals surface area (Å²) in [5, 5.41) is 20.3. The lowest BCUT2D eigenvalue weighted by molar-refractivity contribution is -0.122. The monoisotopic (exact) mass is 499 g/mol. The van der Waals surface area contributed by atoms with Gasteiger partial charge < -0.3 is 14.8 Å². The minimum Gasteiger partial charge on any atom is -0.508 e. The maximum atomic E-state index is 13.7. The number of anilines is 1. The number of para-hydroxylation sites is 1. The van der Waals surface area contributed by atoms with E-state index in [2.05, 4.69) is 26.8 Å². The Labute approximate surface area is 218 Å². The minimum atomic E-state index is -0.971. The van der Waals surface area contributed by atoms with Gasteiger partial charge in [-0.25, -0.2) is 0 Å². The van der Waals surface area contributed by atoms with Gasteiger partial charge in [0.05, 0.1) is 23.6 Å². The van der Waals surface area contributed by atoms with E-state index in [1.54, 1.807) is 24.3 Å². The molecule has 3 aliphatic rings.